The van der Waals surface area contributed by atoms with E-state index in [1.54, 1.807) is 6.07 Å². The molecule has 0 amide bonds. The average molecular weight is 293 g/mol. The van der Waals surface area contributed by atoms with Crippen LogP contribution in [0.4, 0.5) is 4.39 Å². The first kappa shape index (κ1) is 16.4. The number of hydrogen-bond donors (Lipinski definition) is 1. The van der Waals surface area contributed by atoms with Crippen LogP contribution in [-0.4, -0.2) is 55.1 Å². The summed E-state index contributed by atoms with van der Waals surface area (Å²) in [5, 5.41) is 3.52. The predicted octanol–water partition coefficient (Wildman–Crippen LogP) is 2.25. The zero-order valence-corrected chi connectivity index (χ0v) is 13.7. The van der Waals surface area contributed by atoms with Gasteiger partial charge in [0.2, 0.25) is 0 Å². The number of aryl methyl sites for hydroxylation is 1. The van der Waals surface area contributed by atoms with E-state index in [1.165, 1.54) is 0 Å². The SMILES string of the molecule is Cc1cc(CNCC(C)(C)N2CCN(C)CC2)ccc1F. The molecule has 4 heteroatoms. The first-order valence-electron chi connectivity index (χ1n) is 7.78. The van der Waals surface area contributed by atoms with Gasteiger partial charge in [-0.25, -0.2) is 4.39 Å². The molecule has 1 aromatic carbocycles. The Labute approximate surface area is 128 Å². The highest BCUT2D eigenvalue weighted by Gasteiger charge is 2.28. The zero-order valence-electron chi connectivity index (χ0n) is 13.7. The third-order valence-corrected chi connectivity index (χ3v) is 4.47. The molecule has 0 bridgehead atoms. The fourth-order valence-electron chi connectivity index (χ4n) is 2.85. The maximum atomic E-state index is 13.3. The minimum Gasteiger partial charge on any atom is -0.311 e. The summed E-state index contributed by atoms with van der Waals surface area (Å²) in [5.74, 6) is -0.128. The molecule has 1 saturated heterocycles. The molecule has 1 N–H and O–H groups in total. The fourth-order valence-corrected chi connectivity index (χ4v) is 2.85. The second-order valence-electron chi connectivity index (χ2n) is 6.79. The standard InChI is InChI=1S/C17H28FN3/c1-14-11-15(5-6-16(14)18)12-19-13-17(2,3)21-9-7-20(4)8-10-21/h5-6,11,19H,7-10,12-13H2,1-4H3. The summed E-state index contributed by atoms with van der Waals surface area (Å²) >= 11 is 0. The molecule has 1 fully saturated rings. The fraction of sp³-hybridized carbons (Fsp3) is 0.647. The van der Waals surface area contributed by atoms with Crippen molar-refractivity contribution in [3.8, 4) is 0 Å². The smallest absolute Gasteiger partial charge is 0.126 e. The van der Waals surface area contributed by atoms with Gasteiger partial charge in [-0.2, -0.15) is 0 Å². The second kappa shape index (κ2) is 6.86. The summed E-state index contributed by atoms with van der Waals surface area (Å²) in [6.45, 7) is 12.7. The van der Waals surface area contributed by atoms with Gasteiger partial charge in [-0.15, -0.1) is 0 Å². The van der Waals surface area contributed by atoms with Crippen LogP contribution >= 0.6 is 0 Å². The summed E-state index contributed by atoms with van der Waals surface area (Å²) in [6.07, 6.45) is 0. The highest BCUT2D eigenvalue weighted by Crippen LogP contribution is 2.16. The number of piperazine rings is 1. The van der Waals surface area contributed by atoms with Crippen molar-refractivity contribution in [2.45, 2.75) is 32.9 Å². The number of benzene rings is 1. The Morgan fingerprint density at radius 1 is 1.19 bits per heavy atom. The maximum absolute atomic E-state index is 13.3. The van der Waals surface area contributed by atoms with Gasteiger partial charge in [-0.1, -0.05) is 12.1 Å². The Morgan fingerprint density at radius 2 is 1.86 bits per heavy atom. The quantitative estimate of drug-likeness (QED) is 0.898. The number of nitrogens with one attached hydrogen (secondary N) is 1. The summed E-state index contributed by atoms with van der Waals surface area (Å²) < 4.78 is 13.3. The van der Waals surface area contributed by atoms with Gasteiger partial charge in [0.15, 0.2) is 0 Å². The van der Waals surface area contributed by atoms with Gasteiger partial charge in [-0.3, -0.25) is 4.90 Å². The minimum atomic E-state index is -0.128. The summed E-state index contributed by atoms with van der Waals surface area (Å²) in [4.78, 5) is 4.93. The first-order chi connectivity index (χ1) is 9.88. The van der Waals surface area contributed by atoms with Gasteiger partial charge in [0.1, 0.15) is 5.82 Å². The highest BCUT2D eigenvalue weighted by atomic mass is 19.1. The molecule has 1 aliphatic heterocycles. The molecule has 3 nitrogen and oxygen atoms in total. The van der Waals surface area contributed by atoms with Crippen molar-refractivity contribution in [3.63, 3.8) is 0 Å². The molecule has 0 saturated carbocycles. The molecule has 118 valence electrons. The Morgan fingerprint density at radius 3 is 2.48 bits per heavy atom. The molecule has 1 aliphatic rings. The van der Waals surface area contributed by atoms with Crippen LogP contribution in [0.25, 0.3) is 0 Å². The molecule has 2 rings (SSSR count). The van der Waals surface area contributed by atoms with Gasteiger partial charge >= 0.3 is 0 Å². The van der Waals surface area contributed by atoms with Crippen molar-refractivity contribution in [2.24, 2.45) is 0 Å². The lowest BCUT2D eigenvalue weighted by molar-refractivity contribution is 0.0618. The van der Waals surface area contributed by atoms with E-state index < -0.39 is 0 Å². The van der Waals surface area contributed by atoms with Crippen LogP contribution < -0.4 is 5.32 Å². The van der Waals surface area contributed by atoms with Crippen molar-refractivity contribution in [1.29, 1.82) is 0 Å². The van der Waals surface area contributed by atoms with Crippen LogP contribution in [0.1, 0.15) is 25.0 Å². The van der Waals surface area contributed by atoms with E-state index >= 15 is 0 Å². The van der Waals surface area contributed by atoms with E-state index in [1.807, 2.05) is 19.1 Å². The number of hydrogen-bond acceptors (Lipinski definition) is 3. The lowest BCUT2D eigenvalue weighted by atomic mass is 10.0. The lowest BCUT2D eigenvalue weighted by Gasteiger charge is -2.43. The molecule has 0 aliphatic carbocycles. The number of likely N-dealkylation sites (N-methyl/N-ethyl adjacent to an activating group) is 1. The average Bonchev–Trinajstić information content (AvgIpc) is 2.43. The van der Waals surface area contributed by atoms with E-state index in [0.29, 0.717) is 5.56 Å². The molecule has 21 heavy (non-hydrogen) atoms. The van der Waals surface area contributed by atoms with Crippen molar-refractivity contribution >= 4 is 0 Å². The normalized spacial score (nSPS) is 18.1. The largest absolute Gasteiger partial charge is 0.311 e. The molecule has 0 radical (unpaired) electrons. The zero-order chi connectivity index (χ0) is 15.5. The van der Waals surface area contributed by atoms with Gasteiger partial charge in [-0.05, 0) is 45.0 Å². The van der Waals surface area contributed by atoms with Crippen molar-refractivity contribution < 1.29 is 4.39 Å². The van der Waals surface area contributed by atoms with Crippen LogP contribution in [0.15, 0.2) is 18.2 Å². The van der Waals surface area contributed by atoms with E-state index in [0.717, 1.165) is 44.8 Å². The van der Waals surface area contributed by atoms with E-state index in [9.17, 15) is 4.39 Å². The Hall–Kier alpha value is -0.970. The summed E-state index contributed by atoms with van der Waals surface area (Å²) in [5.41, 5.74) is 2.01. The van der Waals surface area contributed by atoms with Gasteiger partial charge in [0, 0.05) is 44.8 Å². The third-order valence-electron chi connectivity index (χ3n) is 4.47. The molecule has 0 unspecified atom stereocenters. The molecule has 0 atom stereocenters. The van der Waals surface area contributed by atoms with Crippen LogP contribution in [0.3, 0.4) is 0 Å². The van der Waals surface area contributed by atoms with E-state index in [-0.39, 0.29) is 11.4 Å². The van der Waals surface area contributed by atoms with Crippen LogP contribution in [0.2, 0.25) is 0 Å². The van der Waals surface area contributed by atoms with E-state index in [4.69, 9.17) is 0 Å². The monoisotopic (exact) mass is 293 g/mol. The molecular weight excluding hydrogens is 265 g/mol. The molecule has 0 aromatic heterocycles. The van der Waals surface area contributed by atoms with Crippen LogP contribution in [-0.2, 0) is 6.54 Å². The Bertz CT molecular complexity index is 465. The number of halogens is 1. The molecule has 0 spiro atoms. The minimum absolute atomic E-state index is 0.128. The topological polar surface area (TPSA) is 18.5 Å². The van der Waals surface area contributed by atoms with Crippen molar-refractivity contribution in [2.75, 3.05) is 39.8 Å². The van der Waals surface area contributed by atoms with E-state index in [2.05, 4.69) is 36.0 Å². The summed E-state index contributed by atoms with van der Waals surface area (Å²) in [7, 11) is 2.18. The summed E-state index contributed by atoms with van der Waals surface area (Å²) in [6, 6.07) is 5.33. The van der Waals surface area contributed by atoms with Gasteiger partial charge in [0.05, 0.1) is 0 Å². The maximum Gasteiger partial charge on any atom is 0.126 e. The molecule has 1 aromatic rings. The number of nitrogens with zero attached hydrogens (tertiary/aromatic N) is 2. The highest BCUT2D eigenvalue weighted by molar-refractivity contribution is 5.23. The van der Waals surface area contributed by atoms with Crippen LogP contribution in [0.5, 0.6) is 0 Å². The van der Waals surface area contributed by atoms with Gasteiger partial charge < -0.3 is 10.2 Å². The lowest BCUT2D eigenvalue weighted by Crippen LogP contribution is -2.57. The molecular formula is C17H28FN3. The van der Waals surface area contributed by atoms with Crippen molar-refractivity contribution in [3.05, 3.63) is 35.1 Å². The predicted molar refractivity (Wildman–Crippen MR) is 86.0 cm³/mol. The second-order valence-corrected chi connectivity index (χ2v) is 6.79. The van der Waals surface area contributed by atoms with Gasteiger partial charge in [0.25, 0.3) is 0 Å². The molecule has 1 heterocycles. The first-order valence-corrected chi connectivity index (χ1v) is 7.78. The van der Waals surface area contributed by atoms with Crippen molar-refractivity contribution in [1.82, 2.24) is 15.1 Å². The third kappa shape index (κ3) is 4.50. The number of rotatable bonds is 5. The van der Waals surface area contributed by atoms with Crippen LogP contribution in [0, 0.1) is 12.7 Å². The Kier molecular flexibility index (Phi) is 5.36. The Balaban J connectivity index is 1.82.